The maximum absolute atomic E-state index is 11.7. The lowest BCUT2D eigenvalue weighted by Gasteiger charge is -2.34. The van der Waals surface area contributed by atoms with Crippen LogP contribution in [0.15, 0.2) is 0 Å². The van der Waals surface area contributed by atoms with Crippen LogP contribution in [0.5, 0.6) is 0 Å². The van der Waals surface area contributed by atoms with Crippen LogP contribution in [0.25, 0.3) is 0 Å². The molecular formula is C15H31NO4. The molecular weight excluding hydrogens is 258 g/mol. The van der Waals surface area contributed by atoms with Crippen molar-refractivity contribution in [2.75, 3.05) is 6.54 Å². The van der Waals surface area contributed by atoms with Crippen LogP contribution in [0.2, 0.25) is 0 Å². The van der Waals surface area contributed by atoms with Gasteiger partial charge in [-0.3, -0.25) is 4.79 Å². The monoisotopic (exact) mass is 289 g/mol. The number of hydrogen-bond donors (Lipinski definition) is 1. The third-order valence-electron chi connectivity index (χ3n) is 2.60. The van der Waals surface area contributed by atoms with Gasteiger partial charge in [-0.05, 0) is 40.7 Å². The van der Waals surface area contributed by atoms with E-state index in [1.165, 1.54) is 0 Å². The second-order valence-electron chi connectivity index (χ2n) is 5.69. The SMILES string of the molecule is CC.CC1OC(CCN)CC(CC(=O)OC(C)(C)C)O1. The summed E-state index contributed by atoms with van der Waals surface area (Å²) in [5.41, 5.74) is 5.07. The third-order valence-corrected chi connectivity index (χ3v) is 2.60. The van der Waals surface area contributed by atoms with Gasteiger partial charge in [0.05, 0.1) is 18.6 Å². The van der Waals surface area contributed by atoms with Gasteiger partial charge in [-0.15, -0.1) is 0 Å². The Kier molecular flexibility index (Phi) is 9.01. The van der Waals surface area contributed by atoms with Crippen molar-refractivity contribution in [2.45, 2.75) is 84.9 Å². The van der Waals surface area contributed by atoms with Gasteiger partial charge in [0.25, 0.3) is 0 Å². The van der Waals surface area contributed by atoms with E-state index in [4.69, 9.17) is 19.9 Å². The van der Waals surface area contributed by atoms with Gasteiger partial charge in [0.2, 0.25) is 0 Å². The molecule has 0 aromatic heterocycles. The number of hydrogen-bond acceptors (Lipinski definition) is 5. The minimum Gasteiger partial charge on any atom is -0.460 e. The molecule has 1 aliphatic heterocycles. The summed E-state index contributed by atoms with van der Waals surface area (Å²) in [4.78, 5) is 11.7. The first-order valence-electron chi connectivity index (χ1n) is 7.53. The van der Waals surface area contributed by atoms with Crippen molar-refractivity contribution in [3.05, 3.63) is 0 Å². The molecule has 1 fully saturated rings. The molecule has 120 valence electrons. The highest BCUT2D eigenvalue weighted by atomic mass is 16.7. The Bertz CT molecular complexity index is 276. The van der Waals surface area contributed by atoms with E-state index in [1.807, 2.05) is 41.5 Å². The first-order valence-corrected chi connectivity index (χ1v) is 7.53. The van der Waals surface area contributed by atoms with Gasteiger partial charge in [-0.1, -0.05) is 13.8 Å². The molecule has 0 aromatic rings. The van der Waals surface area contributed by atoms with Crippen molar-refractivity contribution in [3.8, 4) is 0 Å². The van der Waals surface area contributed by atoms with Crippen molar-refractivity contribution in [3.63, 3.8) is 0 Å². The third kappa shape index (κ3) is 8.51. The lowest BCUT2D eigenvalue weighted by Crippen LogP contribution is -2.39. The van der Waals surface area contributed by atoms with Crippen molar-refractivity contribution in [1.82, 2.24) is 0 Å². The van der Waals surface area contributed by atoms with Crippen LogP contribution in [0, 0.1) is 0 Å². The fraction of sp³-hybridized carbons (Fsp3) is 0.933. The molecule has 0 spiro atoms. The number of nitrogens with two attached hydrogens (primary N) is 1. The summed E-state index contributed by atoms with van der Waals surface area (Å²) in [6.45, 7) is 12.0. The van der Waals surface area contributed by atoms with Crippen LogP contribution in [-0.2, 0) is 19.0 Å². The van der Waals surface area contributed by atoms with Gasteiger partial charge in [-0.2, -0.15) is 0 Å². The van der Waals surface area contributed by atoms with Gasteiger partial charge >= 0.3 is 5.97 Å². The van der Waals surface area contributed by atoms with Crippen LogP contribution in [0.4, 0.5) is 0 Å². The maximum Gasteiger partial charge on any atom is 0.308 e. The summed E-state index contributed by atoms with van der Waals surface area (Å²) in [5, 5.41) is 0. The first kappa shape index (κ1) is 19.4. The van der Waals surface area contributed by atoms with Gasteiger partial charge in [0, 0.05) is 6.42 Å². The predicted molar refractivity (Wildman–Crippen MR) is 79.3 cm³/mol. The van der Waals surface area contributed by atoms with Gasteiger partial charge in [-0.25, -0.2) is 0 Å². The van der Waals surface area contributed by atoms with Crippen LogP contribution in [0.1, 0.15) is 60.8 Å². The molecule has 0 saturated carbocycles. The zero-order chi connectivity index (χ0) is 15.8. The van der Waals surface area contributed by atoms with Gasteiger partial charge in [0.1, 0.15) is 5.60 Å². The minimum absolute atomic E-state index is 0.0752. The van der Waals surface area contributed by atoms with Gasteiger partial charge < -0.3 is 19.9 Å². The molecule has 0 amide bonds. The Morgan fingerprint density at radius 2 is 1.80 bits per heavy atom. The Morgan fingerprint density at radius 1 is 1.25 bits per heavy atom. The maximum atomic E-state index is 11.7. The lowest BCUT2D eigenvalue weighted by molar-refractivity contribution is -0.236. The quantitative estimate of drug-likeness (QED) is 0.806. The Morgan fingerprint density at radius 3 is 2.30 bits per heavy atom. The largest absolute Gasteiger partial charge is 0.460 e. The van der Waals surface area contributed by atoms with E-state index in [2.05, 4.69) is 0 Å². The molecule has 1 saturated heterocycles. The zero-order valence-electron chi connectivity index (χ0n) is 13.8. The smallest absolute Gasteiger partial charge is 0.308 e. The lowest BCUT2D eigenvalue weighted by atomic mass is 10.0. The zero-order valence-corrected chi connectivity index (χ0v) is 13.8. The molecule has 0 aliphatic carbocycles. The minimum atomic E-state index is -0.454. The number of rotatable bonds is 4. The second-order valence-corrected chi connectivity index (χ2v) is 5.69. The standard InChI is InChI=1S/C13H25NO4.C2H6/c1-9-16-10(5-6-14)7-11(17-9)8-12(15)18-13(2,3)4;1-2/h9-11H,5-8,14H2,1-4H3;1-2H3. The van der Waals surface area contributed by atoms with E-state index in [0.717, 1.165) is 6.42 Å². The predicted octanol–water partition coefficient (Wildman–Crippen LogP) is 2.61. The van der Waals surface area contributed by atoms with Crippen molar-refractivity contribution < 1.29 is 19.0 Å². The summed E-state index contributed by atoms with van der Waals surface area (Å²) in [5.74, 6) is -0.229. The highest BCUT2D eigenvalue weighted by molar-refractivity contribution is 5.70. The Labute approximate surface area is 123 Å². The highest BCUT2D eigenvalue weighted by Gasteiger charge is 2.30. The summed E-state index contributed by atoms with van der Waals surface area (Å²) in [6.07, 6.45) is 1.40. The van der Waals surface area contributed by atoms with E-state index in [0.29, 0.717) is 13.0 Å². The molecule has 1 heterocycles. The molecule has 1 aliphatic rings. The molecule has 5 heteroatoms. The molecule has 20 heavy (non-hydrogen) atoms. The molecule has 3 atom stereocenters. The summed E-state index contributed by atoms with van der Waals surface area (Å²) >= 11 is 0. The number of carbonyl (C=O) groups excluding carboxylic acids is 1. The molecule has 0 bridgehead atoms. The van der Waals surface area contributed by atoms with E-state index in [9.17, 15) is 4.79 Å². The van der Waals surface area contributed by atoms with Crippen LogP contribution in [-0.4, -0.2) is 36.6 Å². The molecule has 0 aromatic carbocycles. The van der Waals surface area contributed by atoms with Crippen LogP contribution < -0.4 is 5.73 Å². The molecule has 1 rings (SSSR count). The summed E-state index contributed by atoms with van der Waals surface area (Å²) in [6, 6.07) is 0. The van der Waals surface area contributed by atoms with E-state index < -0.39 is 5.60 Å². The van der Waals surface area contributed by atoms with E-state index in [1.54, 1.807) is 0 Å². The fourth-order valence-electron chi connectivity index (χ4n) is 2.05. The van der Waals surface area contributed by atoms with Crippen molar-refractivity contribution in [1.29, 1.82) is 0 Å². The van der Waals surface area contributed by atoms with E-state index >= 15 is 0 Å². The first-order chi connectivity index (χ1) is 9.30. The average molecular weight is 289 g/mol. The number of ether oxygens (including phenoxy) is 3. The van der Waals surface area contributed by atoms with Gasteiger partial charge in [0.15, 0.2) is 6.29 Å². The molecule has 0 radical (unpaired) electrons. The molecule has 3 unspecified atom stereocenters. The Hall–Kier alpha value is -0.650. The Balaban J connectivity index is 0.00000172. The average Bonchev–Trinajstić information content (AvgIpc) is 2.28. The summed E-state index contributed by atoms with van der Waals surface area (Å²) in [7, 11) is 0. The number of carbonyl (C=O) groups is 1. The normalized spacial score (nSPS) is 26.4. The fourth-order valence-corrected chi connectivity index (χ4v) is 2.05. The number of esters is 1. The van der Waals surface area contributed by atoms with Crippen molar-refractivity contribution in [2.24, 2.45) is 5.73 Å². The summed E-state index contributed by atoms with van der Waals surface area (Å²) < 4.78 is 16.5. The highest BCUT2D eigenvalue weighted by Crippen LogP contribution is 2.23. The topological polar surface area (TPSA) is 70.8 Å². The van der Waals surface area contributed by atoms with Crippen LogP contribution in [0.3, 0.4) is 0 Å². The van der Waals surface area contributed by atoms with Crippen molar-refractivity contribution >= 4 is 5.97 Å². The van der Waals surface area contributed by atoms with E-state index in [-0.39, 0.29) is 30.9 Å². The molecule has 5 nitrogen and oxygen atoms in total. The second kappa shape index (κ2) is 9.32. The molecule has 2 N–H and O–H groups in total. The van der Waals surface area contributed by atoms with Crippen LogP contribution >= 0.6 is 0 Å².